The Bertz CT molecular complexity index is 1300. The second kappa shape index (κ2) is 7.08. The van der Waals surface area contributed by atoms with Crippen LogP contribution in [-0.2, 0) is 6.30 Å². The smallest absolute Gasteiger partial charge is 0.475 e. The highest BCUT2D eigenvalue weighted by molar-refractivity contribution is 5.96. The molecule has 0 saturated heterocycles. The zero-order valence-corrected chi connectivity index (χ0v) is 15.8. The molecule has 0 bridgehead atoms. The molecular weight excluding hydrogens is 411 g/mol. The molecule has 1 aliphatic heterocycles. The van der Waals surface area contributed by atoms with Crippen molar-refractivity contribution in [3.05, 3.63) is 60.4 Å². The third-order valence-corrected chi connectivity index (χ3v) is 4.87. The number of aromatic nitrogens is 4. The van der Waals surface area contributed by atoms with Crippen LogP contribution in [0, 0.1) is 0 Å². The van der Waals surface area contributed by atoms with Gasteiger partial charge in [0.15, 0.2) is 5.82 Å². The predicted molar refractivity (Wildman–Crippen MR) is 105 cm³/mol. The molecule has 0 radical (unpaired) electrons. The normalized spacial score (nSPS) is 14.0. The number of nitrogens with zero attached hydrogens (tertiary/aromatic N) is 4. The first kappa shape index (κ1) is 19.0. The monoisotopic (exact) mass is 425 g/mol. The molecule has 3 aromatic heterocycles. The van der Waals surface area contributed by atoms with Crippen LogP contribution < -0.4 is 10.1 Å². The SMILES string of the molecule is O=C1NCCOc2nc(-c3ccc4c(c3)cc(-c3ccccn3)n4C(F)(F)F)ncc21. The Labute approximate surface area is 173 Å². The maximum Gasteiger partial charge on any atom is 0.489 e. The standard InChI is InChI=1S/C21H14F3N5O2/c22-21(23,24)29-16-5-4-12(9-13(16)10-17(29)15-3-1-2-6-25-15)18-27-11-14-19(30)26-7-8-31-20(14)28-18/h1-6,9-11H,7-8H2,(H,26,30). The van der Waals surface area contributed by atoms with Crippen LogP contribution in [0.25, 0.3) is 33.7 Å². The minimum absolute atomic E-state index is 0.0118. The summed E-state index contributed by atoms with van der Waals surface area (Å²) in [6.45, 7) is 0.605. The summed E-state index contributed by atoms with van der Waals surface area (Å²) in [7, 11) is 0. The molecule has 0 aliphatic carbocycles. The number of nitrogens with one attached hydrogen (secondary N) is 1. The molecule has 4 aromatic rings. The van der Waals surface area contributed by atoms with E-state index in [4.69, 9.17) is 4.74 Å². The Balaban J connectivity index is 1.65. The first-order valence-corrected chi connectivity index (χ1v) is 9.34. The Hall–Kier alpha value is -3.95. The predicted octanol–water partition coefficient (Wildman–Crippen LogP) is 3.76. The summed E-state index contributed by atoms with van der Waals surface area (Å²) in [5, 5.41) is 3.02. The van der Waals surface area contributed by atoms with Gasteiger partial charge < -0.3 is 10.1 Å². The highest BCUT2D eigenvalue weighted by Gasteiger charge is 2.35. The number of amides is 1. The van der Waals surface area contributed by atoms with Crippen molar-refractivity contribution in [3.63, 3.8) is 0 Å². The lowest BCUT2D eigenvalue weighted by Crippen LogP contribution is -2.24. The van der Waals surface area contributed by atoms with Gasteiger partial charge in [-0.1, -0.05) is 6.07 Å². The van der Waals surface area contributed by atoms with Gasteiger partial charge >= 0.3 is 6.30 Å². The Morgan fingerprint density at radius 1 is 1.10 bits per heavy atom. The fraction of sp³-hybridized carbons (Fsp3) is 0.143. The number of hydrogen-bond acceptors (Lipinski definition) is 5. The number of ether oxygens (including phenoxy) is 1. The van der Waals surface area contributed by atoms with E-state index in [0.29, 0.717) is 22.1 Å². The second-order valence-electron chi connectivity index (χ2n) is 6.84. The number of rotatable bonds is 2. The van der Waals surface area contributed by atoms with E-state index in [1.807, 2.05) is 0 Å². The number of fused-ring (bicyclic) bond motifs is 2. The summed E-state index contributed by atoms with van der Waals surface area (Å²) >= 11 is 0. The van der Waals surface area contributed by atoms with Crippen LogP contribution in [0.4, 0.5) is 13.2 Å². The van der Waals surface area contributed by atoms with Crippen LogP contribution in [0.1, 0.15) is 10.4 Å². The zero-order chi connectivity index (χ0) is 21.6. The number of alkyl halides is 3. The van der Waals surface area contributed by atoms with E-state index in [2.05, 4.69) is 20.3 Å². The largest absolute Gasteiger partial charge is 0.489 e. The van der Waals surface area contributed by atoms with Gasteiger partial charge in [-0.25, -0.2) is 4.98 Å². The number of halogens is 3. The molecule has 1 aliphatic rings. The quantitative estimate of drug-likeness (QED) is 0.529. The maximum atomic E-state index is 13.8. The molecule has 5 rings (SSSR count). The number of benzene rings is 1. The summed E-state index contributed by atoms with van der Waals surface area (Å²) in [6.07, 6.45) is -1.83. The zero-order valence-electron chi connectivity index (χ0n) is 15.8. The Morgan fingerprint density at radius 2 is 1.97 bits per heavy atom. The summed E-state index contributed by atoms with van der Waals surface area (Å²) in [4.78, 5) is 24.6. The molecule has 0 fully saturated rings. The summed E-state index contributed by atoms with van der Waals surface area (Å²) < 4.78 is 47.3. The van der Waals surface area contributed by atoms with Crippen LogP contribution in [-0.4, -0.2) is 38.6 Å². The van der Waals surface area contributed by atoms with E-state index in [0.717, 1.165) is 0 Å². The molecule has 10 heteroatoms. The van der Waals surface area contributed by atoms with Crippen molar-refractivity contribution in [2.24, 2.45) is 0 Å². The van der Waals surface area contributed by atoms with Crippen molar-refractivity contribution in [3.8, 4) is 28.7 Å². The molecular formula is C21H14F3N5O2. The summed E-state index contributed by atoms with van der Waals surface area (Å²) in [6, 6.07) is 10.7. The van der Waals surface area contributed by atoms with Crippen LogP contribution in [0.5, 0.6) is 5.88 Å². The van der Waals surface area contributed by atoms with E-state index in [1.54, 1.807) is 18.2 Å². The number of hydrogen-bond donors (Lipinski definition) is 1. The van der Waals surface area contributed by atoms with Crippen molar-refractivity contribution in [2.75, 3.05) is 13.2 Å². The Kier molecular flexibility index (Phi) is 4.35. The molecule has 0 atom stereocenters. The second-order valence-corrected chi connectivity index (χ2v) is 6.84. The summed E-state index contributed by atoms with van der Waals surface area (Å²) in [5.74, 6) is 0.0494. The third kappa shape index (κ3) is 3.35. The van der Waals surface area contributed by atoms with Crippen molar-refractivity contribution in [2.45, 2.75) is 6.30 Å². The van der Waals surface area contributed by atoms with Gasteiger partial charge in [-0.05, 0) is 36.4 Å². The van der Waals surface area contributed by atoms with E-state index in [9.17, 15) is 18.0 Å². The van der Waals surface area contributed by atoms with E-state index < -0.39 is 6.30 Å². The van der Waals surface area contributed by atoms with E-state index >= 15 is 0 Å². The lowest BCUT2D eigenvalue weighted by Gasteiger charge is -2.13. The fourth-order valence-electron chi connectivity index (χ4n) is 3.51. The van der Waals surface area contributed by atoms with Crippen LogP contribution in [0.15, 0.2) is 54.9 Å². The number of carbonyl (C=O) groups is 1. The van der Waals surface area contributed by atoms with Gasteiger partial charge in [-0.15, -0.1) is 13.2 Å². The van der Waals surface area contributed by atoms with E-state index in [1.165, 1.54) is 36.7 Å². The van der Waals surface area contributed by atoms with E-state index in [-0.39, 0.29) is 46.7 Å². The van der Waals surface area contributed by atoms with Crippen LogP contribution in [0.3, 0.4) is 0 Å². The third-order valence-electron chi connectivity index (χ3n) is 4.87. The molecule has 0 saturated carbocycles. The van der Waals surface area contributed by atoms with Gasteiger partial charge in [0.2, 0.25) is 5.88 Å². The van der Waals surface area contributed by atoms with Crippen LogP contribution in [0.2, 0.25) is 0 Å². The Morgan fingerprint density at radius 3 is 2.74 bits per heavy atom. The molecule has 0 spiro atoms. The minimum Gasteiger partial charge on any atom is -0.475 e. The molecule has 4 heterocycles. The van der Waals surface area contributed by atoms with Gasteiger partial charge in [0.25, 0.3) is 5.91 Å². The van der Waals surface area contributed by atoms with Crippen molar-refractivity contribution in [1.29, 1.82) is 0 Å². The van der Waals surface area contributed by atoms with Crippen molar-refractivity contribution < 1.29 is 22.7 Å². The average molecular weight is 425 g/mol. The van der Waals surface area contributed by atoms with Crippen LogP contribution >= 0.6 is 0 Å². The maximum absolute atomic E-state index is 13.8. The molecule has 7 nitrogen and oxygen atoms in total. The van der Waals surface area contributed by atoms with Gasteiger partial charge in [-0.2, -0.15) is 4.98 Å². The first-order valence-electron chi connectivity index (χ1n) is 9.34. The summed E-state index contributed by atoms with van der Waals surface area (Å²) in [5.41, 5.74) is 0.835. The number of carbonyl (C=O) groups excluding carboxylic acids is 1. The molecule has 156 valence electrons. The molecule has 1 N–H and O–H groups in total. The molecule has 31 heavy (non-hydrogen) atoms. The van der Waals surface area contributed by atoms with Gasteiger partial charge in [0.1, 0.15) is 12.2 Å². The number of pyridine rings is 1. The van der Waals surface area contributed by atoms with Gasteiger partial charge in [0, 0.05) is 23.3 Å². The van der Waals surface area contributed by atoms with Crippen molar-refractivity contribution >= 4 is 16.8 Å². The first-order chi connectivity index (χ1) is 14.9. The van der Waals surface area contributed by atoms with Gasteiger partial charge in [0.05, 0.1) is 23.4 Å². The molecule has 1 amide bonds. The highest BCUT2D eigenvalue weighted by atomic mass is 19.4. The van der Waals surface area contributed by atoms with Gasteiger partial charge in [-0.3, -0.25) is 14.3 Å². The molecule has 0 unspecified atom stereocenters. The molecule has 1 aromatic carbocycles. The average Bonchev–Trinajstić information content (AvgIpc) is 3.06. The lowest BCUT2D eigenvalue weighted by atomic mass is 10.1. The topological polar surface area (TPSA) is 81.9 Å². The minimum atomic E-state index is -4.63. The fourth-order valence-corrected chi connectivity index (χ4v) is 3.51. The van der Waals surface area contributed by atoms with Crippen molar-refractivity contribution in [1.82, 2.24) is 24.8 Å². The highest BCUT2D eigenvalue weighted by Crippen LogP contribution is 2.37. The lowest BCUT2D eigenvalue weighted by molar-refractivity contribution is -0.199.